The molecule has 1 N–H and O–H groups in total. The van der Waals surface area contributed by atoms with Crippen LogP contribution in [0.15, 0.2) is 36.5 Å². The largest absolute Gasteiger partial charge is 0.508 e. The molecular formula is C27H29ClFN5O. The third kappa shape index (κ3) is 3.96. The van der Waals surface area contributed by atoms with E-state index < -0.39 is 5.82 Å². The van der Waals surface area contributed by atoms with Gasteiger partial charge in [-0.2, -0.15) is 0 Å². The van der Waals surface area contributed by atoms with E-state index in [0.717, 1.165) is 18.9 Å². The summed E-state index contributed by atoms with van der Waals surface area (Å²) in [7, 11) is 2.18. The second kappa shape index (κ2) is 9.21. The number of phenols is 1. The average Bonchev–Trinajstić information content (AvgIpc) is 3.04. The van der Waals surface area contributed by atoms with Crippen molar-refractivity contribution in [3.8, 4) is 17.0 Å². The van der Waals surface area contributed by atoms with Gasteiger partial charge in [0.05, 0.1) is 5.39 Å². The van der Waals surface area contributed by atoms with Crippen molar-refractivity contribution in [2.45, 2.75) is 45.7 Å². The van der Waals surface area contributed by atoms with E-state index in [1.54, 1.807) is 31.3 Å². The fraction of sp³-hybridized carbons (Fsp3) is 0.370. The molecule has 182 valence electrons. The van der Waals surface area contributed by atoms with Crippen LogP contribution >= 0.6 is 11.6 Å². The number of anilines is 1. The summed E-state index contributed by atoms with van der Waals surface area (Å²) in [5.74, 6) is 0.731. The molecule has 35 heavy (non-hydrogen) atoms. The first-order valence-electron chi connectivity index (χ1n) is 12.1. The number of fused-ring (bicyclic) bond motifs is 4. The molecule has 2 aromatic heterocycles. The molecule has 2 atom stereocenters. The Morgan fingerprint density at radius 1 is 1.09 bits per heavy atom. The summed E-state index contributed by atoms with van der Waals surface area (Å²) in [5, 5.41) is 12.7. The van der Waals surface area contributed by atoms with Crippen LogP contribution in [-0.2, 0) is 0 Å². The van der Waals surface area contributed by atoms with Gasteiger partial charge in [0.1, 0.15) is 28.6 Å². The first-order chi connectivity index (χ1) is 16.9. The van der Waals surface area contributed by atoms with Gasteiger partial charge in [-0.05, 0) is 50.4 Å². The Balaban J connectivity index is 0.00000124. The van der Waals surface area contributed by atoms with Crippen molar-refractivity contribution in [3.05, 3.63) is 53.2 Å². The van der Waals surface area contributed by atoms with Crippen molar-refractivity contribution in [1.29, 1.82) is 0 Å². The van der Waals surface area contributed by atoms with Crippen LogP contribution in [0.25, 0.3) is 32.9 Å². The molecule has 2 aromatic carbocycles. The van der Waals surface area contributed by atoms with Crippen molar-refractivity contribution < 1.29 is 9.50 Å². The van der Waals surface area contributed by atoms with Crippen LogP contribution < -0.4 is 4.90 Å². The van der Waals surface area contributed by atoms with Crippen LogP contribution in [0, 0.1) is 12.7 Å². The highest BCUT2D eigenvalue weighted by molar-refractivity contribution is 6.36. The molecule has 6 rings (SSSR count). The average molecular weight is 494 g/mol. The second-order valence-electron chi connectivity index (χ2n) is 9.06. The lowest BCUT2D eigenvalue weighted by Crippen LogP contribution is -2.52. The summed E-state index contributed by atoms with van der Waals surface area (Å²) in [6.07, 6.45) is 3.99. The zero-order chi connectivity index (χ0) is 24.9. The zero-order valence-electron chi connectivity index (χ0n) is 20.4. The number of aromatic nitrogens is 3. The van der Waals surface area contributed by atoms with Crippen molar-refractivity contribution in [2.24, 2.45) is 0 Å². The topological polar surface area (TPSA) is 65.4 Å². The summed E-state index contributed by atoms with van der Waals surface area (Å²) in [4.78, 5) is 18.3. The minimum Gasteiger partial charge on any atom is -0.508 e. The van der Waals surface area contributed by atoms with Gasteiger partial charge in [0.15, 0.2) is 5.82 Å². The first-order valence-corrected chi connectivity index (χ1v) is 12.5. The smallest absolute Gasteiger partial charge is 0.175 e. The molecule has 0 amide bonds. The number of hydrogen-bond acceptors (Lipinski definition) is 6. The minimum atomic E-state index is -0.539. The van der Waals surface area contributed by atoms with E-state index in [4.69, 9.17) is 16.6 Å². The summed E-state index contributed by atoms with van der Waals surface area (Å²) >= 11 is 6.46. The Bertz CT molecular complexity index is 1410. The maximum absolute atomic E-state index is 16.0. The standard InChI is InChI=1S/C25H23ClFN5O.C2H6/c1-13-29-24-19(25(30-13)32-11-15-6-7-16(12-32)31(15)2)10-28-23(22(24)27)18-9-17(33)8-14-4-3-5-20(26)21(14)18;1-2/h3-5,8-10,15-16,33H,6-7,11-12H2,1-2H3;1-2H3. The molecule has 2 aliphatic rings. The van der Waals surface area contributed by atoms with Gasteiger partial charge in [0.25, 0.3) is 0 Å². The number of benzene rings is 2. The molecule has 0 radical (unpaired) electrons. The van der Waals surface area contributed by atoms with Crippen LogP contribution in [0.2, 0.25) is 5.02 Å². The Hall–Kier alpha value is -3.03. The molecule has 4 aromatic rings. The molecule has 8 heteroatoms. The lowest BCUT2D eigenvalue weighted by atomic mass is 10.00. The number of rotatable bonds is 2. The highest BCUT2D eigenvalue weighted by Gasteiger charge is 2.38. The summed E-state index contributed by atoms with van der Waals surface area (Å²) in [6.45, 7) is 7.50. The van der Waals surface area contributed by atoms with E-state index in [1.807, 2.05) is 19.9 Å². The Kier molecular flexibility index (Phi) is 6.23. The number of likely N-dealkylation sites (N-methyl/N-ethyl adjacent to an activating group) is 1. The number of nitrogens with zero attached hydrogens (tertiary/aromatic N) is 5. The van der Waals surface area contributed by atoms with Gasteiger partial charge in [-0.15, -0.1) is 0 Å². The van der Waals surface area contributed by atoms with E-state index in [0.29, 0.717) is 44.7 Å². The van der Waals surface area contributed by atoms with E-state index in [2.05, 4.69) is 26.8 Å². The predicted molar refractivity (Wildman–Crippen MR) is 140 cm³/mol. The SMILES string of the molecule is CC.Cc1nc(N2CC3CCC(C2)N3C)c2cnc(-c3cc(O)cc4cccc(Cl)c34)c(F)c2n1. The predicted octanol–water partition coefficient (Wildman–Crippen LogP) is 5.96. The first kappa shape index (κ1) is 23.7. The molecule has 2 saturated heterocycles. The summed E-state index contributed by atoms with van der Waals surface area (Å²) < 4.78 is 16.0. The van der Waals surface area contributed by atoms with Crippen molar-refractivity contribution in [1.82, 2.24) is 19.9 Å². The van der Waals surface area contributed by atoms with Crippen molar-refractivity contribution >= 4 is 39.1 Å². The van der Waals surface area contributed by atoms with Gasteiger partial charge in [0, 0.05) is 47.3 Å². The monoisotopic (exact) mass is 493 g/mol. The van der Waals surface area contributed by atoms with Gasteiger partial charge >= 0.3 is 0 Å². The molecule has 6 nitrogen and oxygen atoms in total. The second-order valence-corrected chi connectivity index (χ2v) is 9.47. The molecule has 2 fully saturated rings. The molecule has 4 heterocycles. The number of piperazine rings is 1. The molecular weight excluding hydrogens is 465 g/mol. The van der Waals surface area contributed by atoms with Gasteiger partial charge < -0.3 is 10.0 Å². The van der Waals surface area contributed by atoms with Crippen LogP contribution in [0.1, 0.15) is 32.5 Å². The van der Waals surface area contributed by atoms with E-state index in [-0.39, 0.29) is 17.0 Å². The molecule has 2 unspecified atom stereocenters. The number of aryl methyl sites for hydroxylation is 1. The maximum atomic E-state index is 16.0. The Labute approximate surface area is 209 Å². The van der Waals surface area contributed by atoms with Gasteiger partial charge in [-0.3, -0.25) is 9.88 Å². The van der Waals surface area contributed by atoms with E-state index >= 15 is 4.39 Å². The highest BCUT2D eigenvalue weighted by Crippen LogP contribution is 2.39. The van der Waals surface area contributed by atoms with Crippen LogP contribution in [0.3, 0.4) is 0 Å². The van der Waals surface area contributed by atoms with Crippen LogP contribution in [-0.4, -0.2) is 57.2 Å². The fourth-order valence-electron chi connectivity index (χ4n) is 5.42. The van der Waals surface area contributed by atoms with Gasteiger partial charge in [-0.25, -0.2) is 14.4 Å². The van der Waals surface area contributed by atoms with E-state index in [9.17, 15) is 5.11 Å². The highest BCUT2D eigenvalue weighted by atomic mass is 35.5. The summed E-state index contributed by atoms with van der Waals surface area (Å²) in [6, 6.07) is 9.43. The van der Waals surface area contributed by atoms with Crippen LogP contribution in [0.5, 0.6) is 5.75 Å². The van der Waals surface area contributed by atoms with Gasteiger partial charge in [-0.1, -0.05) is 37.6 Å². The molecule has 2 bridgehead atoms. The number of aromatic hydroxyl groups is 1. The maximum Gasteiger partial charge on any atom is 0.175 e. The summed E-state index contributed by atoms with van der Waals surface area (Å²) in [5.41, 5.74) is 0.779. The third-order valence-corrected chi connectivity index (χ3v) is 7.40. The quantitative estimate of drug-likeness (QED) is 0.371. The van der Waals surface area contributed by atoms with Gasteiger partial charge in [0.2, 0.25) is 0 Å². The fourth-order valence-corrected chi connectivity index (χ4v) is 5.70. The van der Waals surface area contributed by atoms with Crippen molar-refractivity contribution in [2.75, 3.05) is 25.0 Å². The zero-order valence-corrected chi connectivity index (χ0v) is 21.1. The minimum absolute atomic E-state index is 0.0218. The molecule has 2 aliphatic heterocycles. The normalized spacial score (nSPS) is 19.8. The Morgan fingerprint density at radius 3 is 2.51 bits per heavy atom. The lowest BCUT2D eigenvalue weighted by Gasteiger charge is -2.39. The number of phenolic OH excluding ortho intramolecular Hbond substituents is 1. The van der Waals surface area contributed by atoms with E-state index in [1.165, 1.54) is 18.9 Å². The van der Waals surface area contributed by atoms with Crippen LogP contribution in [0.4, 0.5) is 10.2 Å². The molecule has 0 saturated carbocycles. The lowest BCUT2D eigenvalue weighted by molar-refractivity contribution is 0.212. The number of halogens is 2. The Morgan fingerprint density at radius 2 is 1.80 bits per heavy atom. The van der Waals surface area contributed by atoms with Crippen molar-refractivity contribution in [3.63, 3.8) is 0 Å². The molecule has 0 spiro atoms. The number of hydrogen-bond donors (Lipinski definition) is 1. The third-order valence-electron chi connectivity index (χ3n) is 7.09. The molecule has 0 aliphatic carbocycles. The number of pyridine rings is 1.